The van der Waals surface area contributed by atoms with Crippen molar-refractivity contribution in [2.75, 3.05) is 11.9 Å². The van der Waals surface area contributed by atoms with E-state index in [-0.39, 0.29) is 0 Å². The number of carbonyl (C=O) groups excluding carboxylic acids is 1. The Morgan fingerprint density at radius 1 is 1.05 bits per heavy atom. The first-order chi connectivity index (χ1) is 10.3. The number of carbonyl (C=O) groups is 1. The molecule has 3 aromatic rings. The van der Waals surface area contributed by atoms with Gasteiger partial charge in [0.1, 0.15) is 0 Å². The Morgan fingerprint density at radius 2 is 1.81 bits per heavy atom. The Balaban J connectivity index is 1.53. The molecule has 0 spiro atoms. The van der Waals surface area contributed by atoms with Crippen molar-refractivity contribution in [3.63, 3.8) is 0 Å². The van der Waals surface area contributed by atoms with Gasteiger partial charge in [-0.25, -0.2) is 4.79 Å². The zero-order valence-corrected chi connectivity index (χ0v) is 11.5. The average Bonchev–Trinajstić information content (AvgIpc) is 2.92. The van der Waals surface area contributed by atoms with Gasteiger partial charge < -0.3 is 9.72 Å². The summed E-state index contributed by atoms with van der Waals surface area (Å²) in [6, 6.07) is 17.3. The van der Waals surface area contributed by atoms with Crippen LogP contribution in [0.4, 0.5) is 10.5 Å². The average molecular weight is 280 g/mol. The summed E-state index contributed by atoms with van der Waals surface area (Å²) in [5, 5.41) is 3.86. The van der Waals surface area contributed by atoms with E-state index in [4.69, 9.17) is 4.74 Å². The number of aromatic amines is 1. The van der Waals surface area contributed by atoms with Crippen molar-refractivity contribution in [2.45, 2.75) is 6.42 Å². The molecule has 1 amide bonds. The van der Waals surface area contributed by atoms with Crippen LogP contribution in [0.5, 0.6) is 0 Å². The van der Waals surface area contributed by atoms with Gasteiger partial charge in [0.15, 0.2) is 0 Å². The summed E-state index contributed by atoms with van der Waals surface area (Å²) in [5.41, 5.74) is 2.98. The molecule has 21 heavy (non-hydrogen) atoms. The van der Waals surface area contributed by atoms with E-state index in [1.165, 1.54) is 5.39 Å². The molecular formula is C17H16N2O2. The van der Waals surface area contributed by atoms with E-state index >= 15 is 0 Å². The quantitative estimate of drug-likeness (QED) is 0.760. The third-order valence-electron chi connectivity index (χ3n) is 3.30. The first kappa shape index (κ1) is 13.2. The Bertz CT molecular complexity index is 735. The minimum Gasteiger partial charge on any atom is -0.449 e. The molecule has 0 unspecified atom stereocenters. The van der Waals surface area contributed by atoms with Crippen molar-refractivity contribution in [2.24, 2.45) is 0 Å². The molecular weight excluding hydrogens is 264 g/mol. The topological polar surface area (TPSA) is 54.1 Å². The monoisotopic (exact) mass is 280 g/mol. The van der Waals surface area contributed by atoms with Crippen molar-refractivity contribution in [3.05, 3.63) is 66.4 Å². The van der Waals surface area contributed by atoms with Crippen LogP contribution in [0.1, 0.15) is 5.56 Å². The van der Waals surface area contributed by atoms with Gasteiger partial charge in [-0.3, -0.25) is 5.32 Å². The molecule has 0 saturated carbocycles. The van der Waals surface area contributed by atoms with E-state index < -0.39 is 6.09 Å². The highest BCUT2D eigenvalue weighted by atomic mass is 16.5. The van der Waals surface area contributed by atoms with Gasteiger partial charge in [0.2, 0.25) is 0 Å². The van der Waals surface area contributed by atoms with E-state index in [2.05, 4.69) is 16.4 Å². The van der Waals surface area contributed by atoms with Crippen LogP contribution < -0.4 is 5.32 Å². The van der Waals surface area contributed by atoms with Crippen molar-refractivity contribution in [1.82, 2.24) is 4.98 Å². The Kier molecular flexibility index (Phi) is 3.87. The van der Waals surface area contributed by atoms with Crippen molar-refractivity contribution >= 4 is 22.7 Å². The maximum atomic E-state index is 11.7. The molecule has 4 heteroatoms. The van der Waals surface area contributed by atoms with Gasteiger partial charge in [0, 0.05) is 29.2 Å². The second-order valence-electron chi connectivity index (χ2n) is 4.74. The number of ether oxygens (including phenoxy) is 1. The minimum absolute atomic E-state index is 0.348. The summed E-state index contributed by atoms with van der Waals surface area (Å²) in [4.78, 5) is 14.9. The van der Waals surface area contributed by atoms with Gasteiger partial charge in [-0.15, -0.1) is 0 Å². The number of benzene rings is 2. The molecule has 4 nitrogen and oxygen atoms in total. The zero-order valence-electron chi connectivity index (χ0n) is 11.5. The maximum absolute atomic E-state index is 11.7. The lowest BCUT2D eigenvalue weighted by molar-refractivity contribution is 0.163. The number of nitrogens with one attached hydrogen (secondary N) is 2. The van der Waals surface area contributed by atoms with Crippen LogP contribution in [-0.2, 0) is 11.2 Å². The summed E-state index contributed by atoms with van der Waals surface area (Å²) in [6.45, 7) is 0.348. The number of amides is 1. The van der Waals surface area contributed by atoms with Crippen molar-refractivity contribution in [1.29, 1.82) is 0 Å². The van der Waals surface area contributed by atoms with Crippen LogP contribution in [0.2, 0.25) is 0 Å². The van der Waals surface area contributed by atoms with Crippen LogP contribution in [0.3, 0.4) is 0 Å². The fourth-order valence-corrected chi connectivity index (χ4v) is 2.27. The molecule has 0 bridgehead atoms. The first-order valence-electron chi connectivity index (χ1n) is 6.87. The number of anilines is 1. The predicted molar refractivity (Wildman–Crippen MR) is 83.4 cm³/mol. The molecule has 2 N–H and O–H groups in total. The minimum atomic E-state index is -0.430. The highest BCUT2D eigenvalue weighted by Gasteiger charge is 2.05. The molecule has 0 saturated heterocycles. The molecule has 2 aromatic carbocycles. The number of hydrogen-bond acceptors (Lipinski definition) is 2. The molecule has 0 aliphatic rings. The van der Waals surface area contributed by atoms with Crippen LogP contribution in [-0.4, -0.2) is 17.7 Å². The fourth-order valence-electron chi connectivity index (χ4n) is 2.27. The van der Waals surface area contributed by atoms with Gasteiger partial charge in [-0.05, 0) is 23.8 Å². The highest BCUT2D eigenvalue weighted by Crippen LogP contribution is 2.18. The fraction of sp³-hybridized carbons (Fsp3) is 0.118. The summed E-state index contributed by atoms with van der Waals surface area (Å²) >= 11 is 0. The Hall–Kier alpha value is -2.75. The van der Waals surface area contributed by atoms with Crippen LogP contribution in [0, 0.1) is 0 Å². The molecule has 0 radical (unpaired) electrons. The summed E-state index contributed by atoms with van der Waals surface area (Å²) in [5.74, 6) is 0. The largest absolute Gasteiger partial charge is 0.449 e. The van der Waals surface area contributed by atoms with E-state index in [9.17, 15) is 4.79 Å². The third-order valence-corrected chi connectivity index (χ3v) is 3.30. The number of para-hydroxylation sites is 2. The summed E-state index contributed by atoms with van der Waals surface area (Å²) < 4.78 is 5.20. The second kappa shape index (κ2) is 6.13. The lowest BCUT2D eigenvalue weighted by Crippen LogP contribution is -2.15. The number of hydrogen-bond donors (Lipinski definition) is 2. The zero-order chi connectivity index (χ0) is 14.5. The molecule has 106 valence electrons. The molecule has 1 aromatic heterocycles. The number of fused-ring (bicyclic) bond motifs is 1. The van der Waals surface area contributed by atoms with E-state index in [1.54, 1.807) is 0 Å². The molecule has 0 aliphatic heterocycles. The van der Waals surface area contributed by atoms with Gasteiger partial charge in [-0.2, -0.15) is 0 Å². The number of rotatable bonds is 4. The first-order valence-corrected chi connectivity index (χ1v) is 6.87. The van der Waals surface area contributed by atoms with Crippen molar-refractivity contribution < 1.29 is 9.53 Å². The molecule has 0 aliphatic carbocycles. The summed E-state index contributed by atoms with van der Waals surface area (Å²) in [7, 11) is 0. The molecule has 0 fully saturated rings. The Morgan fingerprint density at radius 3 is 2.67 bits per heavy atom. The third kappa shape index (κ3) is 3.23. The Labute approximate surface area is 122 Å². The maximum Gasteiger partial charge on any atom is 0.411 e. The number of aromatic nitrogens is 1. The summed E-state index contributed by atoms with van der Waals surface area (Å²) in [6.07, 6.45) is 2.22. The highest BCUT2D eigenvalue weighted by molar-refractivity contribution is 5.85. The standard InChI is InChI=1S/C17H16N2O2/c20-17(19-14-6-2-1-3-7-14)21-11-10-13-12-18-16-9-5-4-8-15(13)16/h1-9,12,18H,10-11H2,(H,19,20). The van der Waals surface area contributed by atoms with E-state index in [0.29, 0.717) is 13.0 Å². The number of H-pyrrole nitrogens is 1. The normalized spacial score (nSPS) is 10.5. The smallest absolute Gasteiger partial charge is 0.411 e. The molecule has 1 heterocycles. The van der Waals surface area contributed by atoms with Gasteiger partial charge >= 0.3 is 6.09 Å². The van der Waals surface area contributed by atoms with Crippen molar-refractivity contribution in [3.8, 4) is 0 Å². The van der Waals surface area contributed by atoms with Crippen LogP contribution in [0.15, 0.2) is 60.8 Å². The van der Waals surface area contributed by atoms with Gasteiger partial charge in [0.25, 0.3) is 0 Å². The SMILES string of the molecule is O=C(Nc1ccccc1)OCCc1c[nH]c2ccccc12. The lowest BCUT2D eigenvalue weighted by Gasteiger charge is -2.06. The predicted octanol–water partition coefficient (Wildman–Crippen LogP) is 3.96. The van der Waals surface area contributed by atoms with Gasteiger partial charge in [-0.1, -0.05) is 36.4 Å². The second-order valence-corrected chi connectivity index (χ2v) is 4.74. The van der Waals surface area contributed by atoms with Crippen LogP contribution in [0.25, 0.3) is 10.9 Å². The van der Waals surface area contributed by atoms with Crippen LogP contribution >= 0.6 is 0 Å². The van der Waals surface area contributed by atoms with E-state index in [0.717, 1.165) is 16.8 Å². The lowest BCUT2D eigenvalue weighted by atomic mass is 10.1. The molecule has 3 rings (SSSR count). The molecule has 0 atom stereocenters. The van der Waals surface area contributed by atoms with Gasteiger partial charge in [0.05, 0.1) is 6.61 Å². The van der Waals surface area contributed by atoms with E-state index in [1.807, 2.05) is 54.7 Å².